The molecule has 0 fully saturated rings. The van der Waals surface area contributed by atoms with E-state index in [0.29, 0.717) is 11.3 Å². The molecule has 0 amide bonds. The molecule has 0 saturated carbocycles. The molecule has 0 spiro atoms. The first-order valence-electron chi connectivity index (χ1n) is 6.67. The number of fused-ring (bicyclic) bond motifs is 3. The minimum absolute atomic E-state index is 0.130. The lowest BCUT2D eigenvalue weighted by atomic mass is 10.1. The molecule has 1 N–H and O–H groups in total. The van der Waals surface area contributed by atoms with Gasteiger partial charge in [0.05, 0.1) is 11.3 Å². The van der Waals surface area contributed by atoms with Crippen molar-refractivity contribution in [2.24, 2.45) is 0 Å². The molecule has 0 bridgehead atoms. The molecule has 1 aromatic heterocycles. The number of benzene rings is 1. The lowest BCUT2D eigenvalue weighted by molar-refractivity contribution is 0.859. The van der Waals surface area contributed by atoms with Gasteiger partial charge in [0.2, 0.25) is 0 Å². The van der Waals surface area contributed by atoms with Crippen molar-refractivity contribution in [2.75, 3.05) is 0 Å². The predicted octanol–water partition coefficient (Wildman–Crippen LogP) is 2.52. The van der Waals surface area contributed by atoms with E-state index in [-0.39, 0.29) is 5.56 Å². The second kappa shape index (κ2) is 4.28. The lowest BCUT2D eigenvalue weighted by Crippen LogP contribution is -2.14. The summed E-state index contributed by atoms with van der Waals surface area (Å²) >= 11 is 0. The number of aryl methyl sites for hydroxylation is 1. The van der Waals surface area contributed by atoms with Crippen molar-refractivity contribution in [2.45, 2.75) is 6.92 Å². The van der Waals surface area contributed by atoms with E-state index in [4.69, 9.17) is 0 Å². The van der Waals surface area contributed by atoms with Gasteiger partial charge < -0.3 is 4.98 Å². The first-order valence-corrected chi connectivity index (χ1v) is 6.67. The molecule has 0 saturated heterocycles. The minimum atomic E-state index is -0.130. The van der Waals surface area contributed by atoms with Crippen molar-refractivity contribution in [3.8, 4) is 16.9 Å². The molecule has 2 aliphatic rings. The van der Waals surface area contributed by atoms with Gasteiger partial charge in [0.15, 0.2) is 0 Å². The van der Waals surface area contributed by atoms with Crippen LogP contribution in [0, 0.1) is 6.92 Å². The monoisotopic (exact) mass is 276 g/mol. The topological polar surface area (TPSA) is 63.6 Å². The molecule has 102 valence electrons. The Balaban J connectivity index is 2.08. The van der Waals surface area contributed by atoms with E-state index >= 15 is 0 Å². The first-order chi connectivity index (χ1) is 10.2. The van der Waals surface area contributed by atoms with Gasteiger partial charge in [-0.15, -0.1) is 0 Å². The highest BCUT2D eigenvalue weighted by molar-refractivity contribution is 5.91. The SMILES string of the molecule is Cc1ccc2c3nn(-c4ccccc4)c(=O)c-3c[nH]c2n1. The molecule has 0 radical (unpaired) electrons. The van der Waals surface area contributed by atoms with E-state index < -0.39 is 0 Å². The van der Waals surface area contributed by atoms with E-state index in [1.165, 1.54) is 4.68 Å². The van der Waals surface area contributed by atoms with Gasteiger partial charge in [-0.25, -0.2) is 4.98 Å². The molecule has 3 heterocycles. The molecular formula is C16H12N4O. The zero-order valence-electron chi connectivity index (χ0n) is 11.4. The van der Waals surface area contributed by atoms with Crippen molar-refractivity contribution in [1.29, 1.82) is 0 Å². The largest absolute Gasteiger partial charge is 0.345 e. The zero-order valence-corrected chi connectivity index (χ0v) is 11.4. The Morgan fingerprint density at radius 2 is 1.90 bits per heavy atom. The summed E-state index contributed by atoms with van der Waals surface area (Å²) in [5.41, 5.74) is 3.52. The highest BCUT2D eigenvalue weighted by atomic mass is 16.1. The summed E-state index contributed by atoms with van der Waals surface area (Å²) < 4.78 is 1.43. The average Bonchev–Trinajstić information content (AvgIpc) is 2.85. The number of aromatic amines is 1. The van der Waals surface area contributed by atoms with Crippen molar-refractivity contribution in [3.63, 3.8) is 0 Å². The summed E-state index contributed by atoms with van der Waals surface area (Å²) in [6, 6.07) is 13.3. The smallest absolute Gasteiger partial charge is 0.282 e. The zero-order chi connectivity index (χ0) is 14.4. The van der Waals surface area contributed by atoms with E-state index in [9.17, 15) is 4.79 Å². The van der Waals surface area contributed by atoms with Crippen LogP contribution in [-0.4, -0.2) is 19.7 Å². The van der Waals surface area contributed by atoms with Crippen LogP contribution in [0.25, 0.3) is 28.0 Å². The minimum Gasteiger partial charge on any atom is -0.345 e. The second-order valence-electron chi connectivity index (χ2n) is 4.95. The summed E-state index contributed by atoms with van der Waals surface area (Å²) in [6.07, 6.45) is 1.68. The summed E-state index contributed by atoms with van der Waals surface area (Å²) in [5, 5.41) is 5.34. The Morgan fingerprint density at radius 3 is 2.71 bits per heavy atom. The third kappa shape index (κ3) is 1.74. The van der Waals surface area contributed by atoms with E-state index in [0.717, 1.165) is 22.4 Å². The number of aromatic nitrogens is 4. The molecule has 0 aliphatic carbocycles. The number of H-pyrrole nitrogens is 1. The Morgan fingerprint density at radius 1 is 1.10 bits per heavy atom. The van der Waals surface area contributed by atoms with Crippen LogP contribution in [-0.2, 0) is 0 Å². The lowest BCUT2D eigenvalue weighted by Gasteiger charge is -2.02. The standard InChI is InChI=1S/C16H12N4O/c1-10-7-8-12-14-13(9-17-15(12)18-10)16(21)20(19-14)11-5-3-2-4-6-11/h2-9H,1H3,(H,17,18). The van der Waals surface area contributed by atoms with Crippen LogP contribution >= 0.6 is 0 Å². The number of para-hydroxylation sites is 1. The highest BCUT2D eigenvalue weighted by Gasteiger charge is 2.19. The number of nitrogens with zero attached hydrogens (tertiary/aromatic N) is 3. The summed E-state index contributed by atoms with van der Waals surface area (Å²) in [6.45, 7) is 1.93. The summed E-state index contributed by atoms with van der Waals surface area (Å²) in [5.74, 6) is 0. The average molecular weight is 276 g/mol. The fourth-order valence-electron chi connectivity index (χ4n) is 2.49. The van der Waals surface area contributed by atoms with Gasteiger partial charge in [-0.05, 0) is 31.2 Å². The normalized spacial score (nSPS) is 11.3. The van der Waals surface area contributed by atoms with Gasteiger partial charge in [0.25, 0.3) is 5.56 Å². The van der Waals surface area contributed by atoms with Gasteiger partial charge in [-0.2, -0.15) is 9.78 Å². The molecule has 21 heavy (non-hydrogen) atoms. The quantitative estimate of drug-likeness (QED) is 0.581. The Hall–Kier alpha value is -2.95. The molecule has 1 aromatic carbocycles. The van der Waals surface area contributed by atoms with Crippen LogP contribution in [0.3, 0.4) is 0 Å². The third-order valence-electron chi connectivity index (χ3n) is 3.52. The van der Waals surface area contributed by atoms with Crippen molar-refractivity contribution in [3.05, 3.63) is 64.7 Å². The highest BCUT2D eigenvalue weighted by Crippen LogP contribution is 2.25. The number of hydrogen-bond acceptors (Lipinski definition) is 3. The van der Waals surface area contributed by atoms with Gasteiger partial charge in [-0.1, -0.05) is 18.2 Å². The fraction of sp³-hybridized carbons (Fsp3) is 0.0625. The van der Waals surface area contributed by atoms with E-state index in [1.54, 1.807) is 6.20 Å². The van der Waals surface area contributed by atoms with Crippen molar-refractivity contribution < 1.29 is 0 Å². The van der Waals surface area contributed by atoms with E-state index in [2.05, 4.69) is 15.1 Å². The van der Waals surface area contributed by atoms with Gasteiger partial charge >= 0.3 is 0 Å². The van der Waals surface area contributed by atoms with Crippen LogP contribution in [0.1, 0.15) is 5.69 Å². The van der Waals surface area contributed by atoms with E-state index in [1.807, 2.05) is 49.4 Å². The van der Waals surface area contributed by atoms with Crippen LogP contribution in [0.2, 0.25) is 0 Å². The Kier molecular flexibility index (Phi) is 2.41. The number of rotatable bonds is 1. The van der Waals surface area contributed by atoms with Crippen molar-refractivity contribution in [1.82, 2.24) is 19.7 Å². The van der Waals surface area contributed by atoms with Crippen LogP contribution in [0.15, 0.2) is 53.5 Å². The molecule has 0 atom stereocenters. The number of nitrogens with one attached hydrogen (secondary N) is 1. The molecule has 5 heteroatoms. The van der Waals surface area contributed by atoms with Crippen LogP contribution in [0.5, 0.6) is 0 Å². The molecule has 4 rings (SSSR count). The predicted molar refractivity (Wildman–Crippen MR) is 80.8 cm³/mol. The third-order valence-corrected chi connectivity index (χ3v) is 3.52. The maximum Gasteiger partial charge on any atom is 0.282 e. The molecule has 0 unspecified atom stereocenters. The summed E-state index contributed by atoms with van der Waals surface area (Å²) in [7, 11) is 0. The number of pyridine rings is 2. The Labute approximate surface area is 120 Å². The summed E-state index contributed by atoms with van der Waals surface area (Å²) in [4.78, 5) is 20.0. The maximum atomic E-state index is 12.5. The molecule has 5 nitrogen and oxygen atoms in total. The van der Waals surface area contributed by atoms with Crippen LogP contribution in [0.4, 0.5) is 0 Å². The maximum absolute atomic E-state index is 12.5. The van der Waals surface area contributed by atoms with Crippen molar-refractivity contribution >= 4 is 11.0 Å². The van der Waals surface area contributed by atoms with Crippen LogP contribution < -0.4 is 5.56 Å². The second-order valence-corrected chi connectivity index (χ2v) is 4.95. The van der Waals surface area contributed by atoms with Gasteiger partial charge in [-0.3, -0.25) is 4.79 Å². The molecule has 2 aromatic rings. The van der Waals surface area contributed by atoms with Gasteiger partial charge in [0, 0.05) is 17.3 Å². The Bertz CT molecular complexity index is 969. The van der Waals surface area contributed by atoms with Gasteiger partial charge in [0.1, 0.15) is 11.3 Å². The number of hydrogen-bond donors (Lipinski definition) is 1. The first kappa shape index (κ1) is 11.8. The molecular weight excluding hydrogens is 264 g/mol. The molecule has 2 aliphatic heterocycles. The fourth-order valence-corrected chi connectivity index (χ4v) is 2.49.